The highest BCUT2D eigenvalue weighted by Gasteiger charge is 2.42. The first-order valence-electron chi connectivity index (χ1n) is 7.09. The number of likely N-dealkylation sites (N-methyl/N-ethyl adjacent to an activating group) is 1. The van der Waals surface area contributed by atoms with Gasteiger partial charge in [-0.3, -0.25) is 9.59 Å². The van der Waals surface area contributed by atoms with Gasteiger partial charge in [-0.15, -0.1) is 0 Å². The predicted octanol–water partition coefficient (Wildman–Crippen LogP) is 0.896. The van der Waals surface area contributed by atoms with Gasteiger partial charge in [0.25, 0.3) is 0 Å². The number of aliphatic carboxylic acids is 1. The summed E-state index contributed by atoms with van der Waals surface area (Å²) in [6, 6.07) is 0.383. The summed E-state index contributed by atoms with van der Waals surface area (Å²) in [6.45, 7) is 3.64. The normalized spacial score (nSPS) is 35.1. The van der Waals surface area contributed by atoms with Gasteiger partial charge in [-0.25, -0.2) is 0 Å². The van der Waals surface area contributed by atoms with Gasteiger partial charge in [-0.05, 0) is 32.9 Å². The highest BCUT2D eigenvalue weighted by molar-refractivity contribution is 5.85. The van der Waals surface area contributed by atoms with Crippen molar-refractivity contribution < 1.29 is 14.7 Å². The Morgan fingerprint density at radius 2 is 1.79 bits per heavy atom. The molecule has 0 aromatic rings. The van der Waals surface area contributed by atoms with Crippen LogP contribution >= 0.6 is 0 Å². The molecule has 2 fully saturated rings. The van der Waals surface area contributed by atoms with Crippen LogP contribution in [0.25, 0.3) is 0 Å². The van der Waals surface area contributed by atoms with Crippen LogP contribution in [0.3, 0.4) is 0 Å². The fourth-order valence-corrected chi connectivity index (χ4v) is 3.59. The molecule has 1 saturated heterocycles. The van der Waals surface area contributed by atoms with Gasteiger partial charge in [0, 0.05) is 19.1 Å². The van der Waals surface area contributed by atoms with Gasteiger partial charge in [0.05, 0.1) is 11.8 Å². The zero-order valence-electron chi connectivity index (χ0n) is 12.0. The van der Waals surface area contributed by atoms with Crippen molar-refractivity contribution in [2.45, 2.75) is 32.2 Å². The Kier molecular flexibility index (Phi) is 4.13. The fraction of sp³-hybridized carbons (Fsp3) is 0.857. The Labute approximate surface area is 114 Å². The van der Waals surface area contributed by atoms with E-state index in [1.54, 1.807) is 0 Å². The summed E-state index contributed by atoms with van der Waals surface area (Å²) >= 11 is 0. The second-order valence-electron chi connectivity index (χ2n) is 6.23. The van der Waals surface area contributed by atoms with Crippen LogP contribution in [-0.2, 0) is 9.59 Å². The number of carboxylic acids is 1. The molecule has 0 radical (unpaired) electrons. The van der Waals surface area contributed by atoms with Crippen molar-refractivity contribution >= 4 is 11.9 Å². The SMILES string of the molecule is CC1CN(C(=O)[C@@H]2CCC[C@@H]2C(=O)O)CC1N(C)C. The molecule has 1 saturated carbocycles. The van der Waals surface area contributed by atoms with E-state index in [-0.39, 0.29) is 11.8 Å². The third-order valence-corrected chi connectivity index (χ3v) is 4.70. The van der Waals surface area contributed by atoms with Crippen LogP contribution in [0.2, 0.25) is 0 Å². The lowest BCUT2D eigenvalue weighted by Gasteiger charge is -2.24. The largest absolute Gasteiger partial charge is 0.481 e. The minimum absolute atomic E-state index is 0.0566. The Hall–Kier alpha value is -1.10. The molecule has 19 heavy (non-hydrogen) atoms. The molecule has 2 unspecified atom stereocenters. The van der Waals surface area contributed by atoms with Crippen molar-refractivity contribution in [3.8, 4) is 0 Å². The number of carboxylic acid groups (broad SMARTS) is 1. The Balaban J connectivity index is 2.03. The molecule has 5 nitrogen and oxygen atoms in total. The molecule has 1 heterocycles. The lowest BCUT2D eigenvalue weighted by atomic mass is 9.95. The first-order chi connectivity index (χ1) is 8.91. The summed E-state index contributed by atoms with van der Waals surface area (Å²) in [5.74, 6) is -1.08. The van der Waals surface area contributed by atoms with Gasteiger partial charge < -0.3 is 14.9 Å². The summed E-state index contributed by atoms with van der Waals surface area (Å²) < 4.78 is 0. The van der Waals surface area contributed by atoms with Crippen molar-refractivity contribution in [1.82, 2.24) is 9.80 Å². The first kappa shape index (κ1) is 14.3. The molecule has 0 aromatic heterocycles. The molecule has 108 valence electrons. The van der Waals surface area contributed by atoms with Crippen LogP contribution in [0.15, 0.2) is 0 Å². The summed E-state index contributed by atoms with van der Waals surface area (Å²) in [7, 11) is 4.07. The molecule has 2 rings (SSSR count). The van der Waals surface area contributed by atoms with Crippen LogP contribution < -0.4 is 0 Å². The molecule has 1 N–H and O–H groups in total. The molecule has 1 aliphatic carbocycles. The van der Waals surface area contributed by atoms with E-state index in [2.05, 4.69) is 11.8 Å². The van der Waals surface area contributed by atoms with Crippen LogP contribution in [0.4, 0.5) is 0 Å². The van der Waals surface area contributed by atoms with E-state index in [4.69, 9.17) is 0 Å². The molecular formula is C14H24N2O3. The zero-order chi connectivity index (χ0) is 14.2. The third kappa shape index (κ3) is 2.76. The number of hydrogen-bond donors (Lipinski definition) is 1. The minimum atomic E-state index is -0.813. The van der Waals surface area contributed by atoms with E-state index in [9.17, 15) is 14.7 Å². The van der Waals surface area contributed by atoms with Gasteiger partial charge in [0.2, 0.25) is 5.91 Å². The predicted molar refractivity (Wildman–Crippen MR) is 71.7 cm³/mol. The Morgan fingerprint density at radius 3 is 2.32 bits per heavy atom. The molecule has 0 spiro atoms. The molecule has 0 aromatic carbocycles. The lowest BCUT2D eigenvalue weighted by molar-refractivity contribution is -0.148. The second-order valence-corrected chi connectivity index (χ2v) is 6.23. The standard InChI is InChI=1S/C14H24N2O3/c1-9-7-16(8-12(9)15(2)3)13(17)10-5-4-6-11(10)14(18)19/h9-12H,4-8H2,1-3H3,(H,18,19)/t9?,10-,11+,12?/m1/s1. The summed E-state index contributed by atoms with van der Waals surface area (Å²) in [4.78, 5) is 27.7. The maximum absolute atomic E-state index is 12.5. The van der Waals surface area contributed by atoms with Crippen molar-refractivity contribution in [2.75, 3.05) is 27.2 Å². The number of nitrogens with zero attached hydrogens (tertiary/aromatic N) is 2. The van der Waals surface area contributed by atoms with Gasteiger partial charge >= 0.3 is 5.97 Å². The summed E-state index contributed by atoms with van der Waals surface area (Å²) in [5.41, 5.74) is 0. The number of carbonyl (C=O) groups excluding carboxylic acids is 1. The van der Waals surface area contributed by atoms with E-state index in [0.717, 1.165) is 25.9 Å². The lowest BCUT2D eigenvalue weighted by Crippen LogP contribution is -2.40. The number of carbonyl (C=O) groups is 2. The quantitative estimate of drug-likeness (QED) is 0.826. The summed E-state index contributed by atoms with van der Waals surface area (Å²) in [5, 5.41) is 9.19. The molecule has 1 aliphatic heterocycles. The average Bonchev–Trinajstić information content (AvgIpc) is 2.93. The minimum Gasteiger partial charge on any atom is -0.481 e. The van der Waals surface area contributed by atoms with Gasteiger partial charge in [-0.2, -0.15) is 0 Å². The van der Waals surface area contributed by atoms with Crippen LogP contribution in [0.5, 0.6) is 0 Å². The van der Waals surface area contributed by atoms with Gasteiger partial charge in [0.1, 0.15) is 0 Å². The Morgan fingerprint density at radius 1 is 1.16 bits per heavy atom. The van der Waals surface area contributed by atoms with E-state index < -0.39 is 11.9 Å². The summed E-state index contributed by atoms with van der Waals surface area (Å²) in [6.07, 6.45) is 2.23. The van der Waals surface area contributed by atoms with Crippen LogP contribution in [-0.4, -0.2) is 60.0 Å². The number of rotatable bonds is 3. The molecular weight excluding hydrogens is 244 g/mol. The number of hydrogen-bond acceptors (Lipinski definition) is 3. The maximum atomic E-state index is 12.5. The molecule has 2 aliphatic rings. The van der Waals surface area contributed by atoms with E-state index in [0.29, 0.717) is 18.4 Å². The molecule has 1 amide bonds. The number of amides is 1. The van der Waals surface area contributed by atoms with Crippen molar-refractivity contribution in [2.24, 2.45) is 17.8 Å². The molecule has 4 atom stereocenters. The van der Waals surface area contributed by atoms with Crippen molar-refractivity contribution in [3.05, 3.63) is 0 Å². The maximum Gasteiger partial charge on any atom is 0.307 e. The smallest absolute Gasteiger partial charge is 0.307 e. The molecule has 5 heteroatoms. The zero-order valence-corrected chi connectivity index (χ0v) is 12.0. The topological polar surface area (TPSA) is 60.9 Å². The van der Waals surface area contributed by atoms with Gasteiger partial charge in [-0.1, -0.05) is 13.3 Å². The van der Waals surface area contributed by atoms with Crippen molar-refractivity contribution in [3.63, 3.8) is 0 Å². The first-order valence-corrected chi connectivity index (χ1v) is 7.09. The fourth-order valence-electron chi connectivity index (χ4n) is 3.59. The van der Waals surface area contributed by atoms with Crippen LogP contribution in [0, 0.1) is 17.8 Å². The third-order valence-electron chi connectivity index (χ3n) is 4.70. The average molecular weight is 268 g/mol. The van der Waals surface area contributed by atoms with E-state index in [1.165, 1.54) is 0 Å². The monoisotopic (exact) mass is 268 g/mol. The highest BCUT2D eigenvalue weighted by atomic mass is 16.4. The second kappa shape index (κ2) is 5.49. The van der Waals surface area contributed by atoms with Crippen LogP contribution in [0.1, 0.15) is 26.2 Å². The van der Waals surface area contributed by atoms with E-state index in [1.807, 2.05) is 19.0 Å². The highest BCUT2D eigenvalue weighted by Crippen LogP contribution is 2.34. The van der Waals surface area contributed by atoms with E-state index >= 15 is 0 Å². The Bertz CT molecular complexity index is 370. The molecule has 0 bridgehead atoms. The number of likely N-dealkylation sites (tertiary alicyclic amines) is 1. The van der Waals surface area contributed by atoms with Crippen molar-refractivity contribution in [1.29, 1.82) is 0 Å². The van der Waals surface area contributed by atoms with Gasteiger partial charge in [0.15, 0.2) is 0 Å².